The van der Waals surface area contributed by atoms with Crippen molar-refractivity contribution < 1.29 is 18.5 Å². The van der Waals surface area contributed by atoms with Crippen molar-refractivity contribution >= 4 is 29.1 Å². The summed E-state index contributed by atoms with van der Waals surface area (Å²) < 4.78 is 20.5. The highest BCUT2D eigenvalue weighted by atomic mass is 35.5. The molecule has 2 aromatic heterocycles. The van der Waals surface area contributed by atoms with E-state index in [0.717, 1.165) is 12.8 Å². The summed E-state index contributed by atoms with van der Waals surface area (Å²) in [6.07, 6.45) is 3.32. The maximum absolute atomic E-state index is 15.3. The first-order valence-electron chi connectivity index (χ1n) is 11.2. The summed E-state index contributed by atoms with van der Waals surface area (Å²) in [6, 6.07) is 6.59. The highest BCUT2D eigenvalue weighted by molar-refractivity contribution is 6.32. The van der Waals surface area contributed by atoms with E-state index in [4.69, 9.17) is 16.1 Å². The van der Waals surface area contributed by atoms with Crippen LogP contribution in [-0.2, 0) is 10.2 Å². The third-order valence-corrected chi connectivity index (χ3v) is 6.11. The van der Waals surface area contributed by atoms with E-state index in [-0.39, 0.29) is 51.8 Å². The van der Waals surface area contributed by atoms with E-state index in [1.807, 2.05) is 20.8 Å². The van der Waals surface area contributed by atoms with Gasteiger partial charge in [0, 0.05) is 29.5 Å². The van der Waals surface area contributed by atoms with Crippen LogP contribution in [0, 0.1) is 11.7 Å². The molecule has 2 heterocycles. The number of halogens is 2. The molecule has 4 rings (SSSR count). The van der Waals surface area contributed by atoms with Crippen molar-refractivity contribution in [1.29, 1.82) is 0 Å². The number of hydrogen-bond acceptors (Lipinski definition) is 6. The van der Waals surface area contributed by atoms with Crippen LogP contribution in [0.3, 0.4) is 0 Å². The Balaban J connectivity index is 1.51. The van der Waals surface area contributed by atoms with Crippen LogP contribution in [0.2, 0.25) is 5.02 Å². The number of hydrogen-bond donors (Lipinski definition) is 1. The number of anilines is 1. The van der Waals surface area contributed by atoms with Crippen LogP contribution < -0.4 is 5.32 Å². The average molecular weight is 485 g/mol. The van der Waals surface area contributed by atoms with Crippen molar-refractivity contribution in [3.8, 4) is 11.1 Å². The summed E-state index contributed by atoms with van der Waals surface area (Å²) >= 11 is 6.39. The second-order valence-electron chi connectivity index (χ2n) is 9.73. The predicted molar refractivity (Wildman–Crippen MR) is 126 cm³/mol. The summed E-state index contributed by atoms with van der Waals surface area (Å²) in [5.74, 6) is -0.574. The Bertz CT molecular complexity index is 1250. The molecule has 1 amide bonds. The number of nitrogens with one attached hydrogen (secondary N) is 1. The number of carbonyl (C=O) groups is 2. The van der Waals surface area contributed by atoms with Gasteiger partial charge in [-0.25, -0.2) is 9.37 Å². The zero-order valence-corrected chi connectivity index (χ0v) is 20.2. The van der Waals surface area contributed by atoms with E-state index >= 15 is 4.39 Å². The van der Waals surface area contributed by atoms with Crippen molar-refractivity contribution in [3.63, 3.8) is 0 Å². The molecular weight excluding hydrogens is 459 g/mol. The van der Waals surface area contributed by atoms with Crippen LogP contribution >= 0.6 is 11.6 Å². The minimum atomic E-state index is -0.598. The molecule has 0 radical (unpaired) electrons. The minimum absolute atomic E-state index is 0.00236. The number of carbonyl (C=O) groups excluding carboxylic acids is 2. The van der Waals surface area contributed by atoms with Gasteiger partial charge in [-0.15, -0.1) is 0 Å². The van der Waals surface area contributed by atoms with Crippen LogP contribution in [0.4, 0.5) is 10.2 Å². The largest absolute Gasteiger partial charge is 0.338 e. The molecule has 1 fully saturated rings. The van der Waals surface area contributed by atoms with Gasteiger partial charge in [-0.1, -0.05) is 56.6 Å². The zero-order chi connectivity index (χ0) is 24.6. The van der Waals surface area contributed by atoms with Crippen LogP contribution in [0.25, 0.3) is 11.1 Å². The summed E-state index contributed by atoms with van der Waals surface area (Å²) in [7, 11) is 0. The molecule has 1 atom stereocenters. The molecule has 1 aliphatic carbocycles. The third kappa shape index (κ3) is 5.17. The van der Waals surface area contributed by atoms with E-state index < -0.39 is 5.82 Å². The molecule has 34 heavy (non-hydrogen) atoms. The molecule has 0 saturated heterocycles. The predicted octanol–water partition coefficient (Wildman–Crippen LogP) is 5.95. The van der Waals surface area contributed by atoms with Crippen molar-refractivity contribution in [2.45, 2.75) is 58.3 Å². The molecule has 0 spiro atoms. The molecule has 178 valence electrons. The van der Waals surface area contributed by atoms with Gasteiger partial charge in [0.15, 0.2) is 0 Å². The molecule has 3 aromatic rings. The Kier molecular flexibility index (Phi) is 6.53. The molecule has 1 N–H and O–H groups in total. The summed E-state index contributed by atoms with van der Waals surface area (Å²) in [4.78, 5) is 33.0. The average Bonchev–Trinajstić information content (AvgIpc) is 3.50. The van der Waals surface area contributed by atoms with Crippen LogP contribution in [-0.4, -0.2) is 26.8 Å². The molecule has 0 bridgehead atoms. The first-order valence-corrected chi connectivity index (χ1v) is 11.5. The van der Waals surface area contributed by atoms with Crippen molar-refractivity contribution in [2.75, 3.05) is 5.32 Å². The molecule has 9 heteroatoms. The van der Waals surface area contributed by atoms with Gasteiger partial charge in [-0.05, 0) is 42.0 Å². The van der Waals surface area contributed by atoms with E-state index in [9.17, 15) is 9.59 Å². The van der Waals surface area contributed by atoms with Gasteiger partial charge in [-0.2, -0.15) is 4.98 Å². The lowest BCUT2D eigenvalue weighted by molar-refractivity contribution is -0.117. The normalized spacial score (nSPS) is 14.6. The summed E-state index contributed by atoms with van der Waals surface area (Å²) in [6.45, 7) is 7.53. The zero-order valence-electron chi connectivity index (χ0n) is 19.5. The molecule has 1 aromatic carbocycles. The highest BCUT2D eigenvalue weighted by Gasteiger charge is 2.30. The molecule has 1 aliphatic rings. The van der Waals surface area contributed by atoms with E-state index in [0.29, 0.717) is 22.8 Å². The highest BCUT2D eigenvalue weighted by Crippen LogP contribution is 2.36. The van der Waals surface area contributed by atoms with Crippen LogP contribution in [0.15, 0.2) is 35.0 Å². The molecule has 0 unspecified atom stereocenters. The van der Waals surface area contributed by atoms with Crippen molar-refractivity contribution in [2.24, 2.45) is 5.92 Å². The van der Waals surface area contributed by atoms with E-state index in [1.54, 1.807) is 31.2 Å². The van der Waals surface area contributed by atoms with Crippen molar-refractivity contribution in [3.05, 3.63) is 58.6 Å². The van der Waals surface area contributed by atoms with Crippen molar-refractivity contribution in [1.82, 2.24) is 15.1 Å². The molecule has 7 nitrogen and oxygen atoms in total. The first-order chi connectivity index (χ1) is 16.0. The molecular formula is C25H26ClFN4O3. The lowest BCUT2D eigenvalue weighted by atomic mass is 9.93. The number of nitrogens with zero attached hydrogens (tertiary/aromatic N) is 3. The number of amides is 1. The standard InChI is InChI=1S/C25H26ClFN4O3/c1-13(11-18(32)22-30-24(34-31-22)25(2,3)4)16-7-8-17(21(27)20(16)26)15-9-10-28-19(12-15)29-23(33)14-5-6-14/h7-10,12-14H,5-6,11H2,1-4H3,(H,28,29,33)/t13-/m0/s1. The quantitative estimate of drug-likeness (QED) is 0.416. The minimum Gasteiger partial charge on any atom is -0.338 e. The summed E-state index contributed by atoms with van der Waals surface area (Å²) in [5, 5.41) is 6.50. The number of pyridine rings is 1. The maximum atomic E-state index is 15.3. The Hall–Kier alpha value is -3.13. The number of benzene rings is 1. The van der Waals surface area contributed by atoms with Gasteiger partial charge in [0.1, 0.15) is 11.6 Å². The van der Waals surface area contributed by atoms with Gasteiger partial charge in [0.05, 0.1) is 5.02 Å². The van der Waals surface area contributed by atoms with Gasteiger partial charge in [0.2, 0.25) is 23.4 Å². The number of rotatable bonds is 7. The Morgan fingerprint density at radius 3 is 2.65 bits per heavy atom. The fraction of sp³-hybridized carbons (Fsp3) is 0.400. The van der Waals surface area contributed by atoms with Crippen LogP contribution in [0.5, 0.6) is 0 Å². The molecule has 0 aliphatic heterocycles. The second kappa shape index (κ2) is 9.25. The summed E-state index contributed by atoms with van der Waals surface area (Å²) in [5.41, 5.74) is 0.960. The van der Waals surface area contributed by atoms with Crippen LogP contribution in [0.1, 0.15) is 74.9 Å². The number of ketones is 1. The number of aromatic nitrogens is 3. The van der Waals surface area contributed by atoms with E-state index in [2.05, 4.69) is 20.4 Å². The monoisotopic (exact) mass is 484 g/mol. The van der Waals surface area contributed by atoms with E-state index in [1.165, 1.54) is 6.20 Å². The topological polar surface area (TPSA) is 98.0 Å². The fourth-order valence-electron chi connectivity index (χ4n) is 3.53. The SMILES string of the molecule is C[C@@H](CC(=O)c1noc(C(C)(C)C)n1)c1ccc(-c2ccnc(NC(=O)C3CC3)c2)c(F)c1Cl. The second-order valence-corrected chi connectivity index (χ2v) is 10.1. The third-order valence-electron chi connectivity index (χ3n) is 5.72. The molecule has 1 saturated carbocycles. The van der Waals surface area contributed by atoms with Gasteiger partial charge < -0.3 is 9.84 Å². The Labute approximate surface area is 202 Å². The van der Waals surface area contributed by atoms with Gasteiger partial charge >= 0.3 is 0 Å². The van der Waals surface area contributed by atoms with Gasteiger partial charge in [0.25, 0.3) is 0 Å². The lowest BCUT2D eigenvalue weighted by Gasteiger charge is -2.15. The fourth-order valence-corrected chi connectivity index (χ4v) is 3.88. The first kappa shape index (κ1) is 24.0. The Morgan fingerprint density at radius 2 is 2.00 bits per heavy atom. The Morgan fingerprint density at radius 1 is 1.26 bits per heavy atom. The number of Topliss-reactive ketones (excluding diaryl/α,β-unsaturated/α-hetero) is 1. The lowest BCUT2D eigenvalue weighted by Crippen LogP contribution is -2.14. The smallest absolute Gasteiger partial charge is 0.238 e. The maximum Gasteiger partial charge on any atom is 0.238 e. The van der Waals surface area contributed by atoms with Gasteiger partial charge in [-0.3, -0.25) is 9.59 Å².